The van der Waals surface area contributed by atoms with Gasteiger partial charge in [0.1, 0.15) is 5.75 Å². The van der Waals surface area contributed by atoms with E-state index < -0.39 is 6.61 Å². The number of hydrogen-bond acceptors (Lipinski definition) is 3. The zero-order valence-electron chi connectivity index (χ0n) is 10.3. The second kappa shape index (κ2) is 7.48. The standard InChI is InChI=1S/C13H15F2NO3/c1-9(8-17)16-12(18)7-4-10-2-5-11(6-3-10)19-13(14)15/h2-7,9,13,17H,8H2,1H3,(H,16,18)/b7-4+. The van der Waals surface area contributed by atoms with Crippen LogP contribution in [0.25, 0.3) is 6.08 Å². The molecule has 0 aliphatic heterocycles. The molecule has 0 spiro atoms. The summed E-state index contributed by atoms with van der Waals surface area (Å²) in [6.45, 7) is -1.33. The summed E-state index contributed by atoms with van der Waals surface area (Å²) in [5.41, 5.74) is 0.674. The van der Waals surface area contributed by atoms with E-state index in [1.165, 1.54) is 24.3 Å². The number of aliphatic hydroxyl groups excluding tert-OH is 1. The van der Waals surface area contributed by atoms with Crippen LogP contribution in [0.5, 0.6) is 5.75 Å². The summed E-state index contributed by atoms with van der Waals surface area (Å²) >= 11 is 0. The fraction of sp³-hybridized carbons (Fsp3) is 0.308. The van der Waals surface area contributed by atoms with Gasteiger partial charge in [0.2, 0.25) is 5.91 Å². The van der Waals surface area contributed by atoms with Gasteiger partial charge in [-0.1, -0.05) is 12.1 Å². The van der Waals surface area contributed by atoms with Crippen molar-refractivity contribution in [2.75, 3.05) is 6.61 Å². The Balaban J connectivity index is 2.55. The second-order valence-corrected chi connectivity index (χ2v) is 3.87. The van der Waals surface area contributed by atoms with Crippen LogP contribution >= 0.6 is 0 Å². The number of halogens is 2. The predicted octanol–water partition coefficient (Wildman–Crippen LogP) is 1.80. The minimum Gasteiger partial charge on any atom is -0.435 e. The molecule has 0 aliphatic rings. The minimum absolute atomic E-state index is 0.0607. The molecule has 2 N–H and O–H groups in total. The van der Waals surface area contributed by atoms with E-state index in [0.717, 1.165) is 0 Å². The van der Waals surface area contributed by atoms with Crippen molar-refractivity contribution in [2.45, 2.75) is 19.6 Å². The number of ether oxygens (including phenoxy) is 1. The van der Waals surface area contributed by atoms with E-state index in [4.69, 9.17) is 5.11 Å². The number of carbonyl (C=O) groups excluding carboxylic acids is 1. The van der Waals surface area contributed by atoms with Crippen LogP contribution < -0.4 is 10.1 Å². The lowest BCUT2D eigenvalue weighted by Crippen LogP contribution is -2.33. The van der Waals surface area contributed by atoms with Gasteiger partial charge in [0.25, 0.3) is 0 Å². The van der Waals surface area contributed by atoms with E-state index in [0.29, 0.717) is 5.56 Å². The molecule has 1 aromatic carbocycles. The highest BCUT2D eigenvalue weighted by Gasteiger charge is 2.04. The van der Waals surface area contributed by atoms with Crippen LogP contribution in [0.15, 0.2) is 30.3 Å². The number of carbonyl (C=O) groups is 1. The first kappa shape index (κ1) is 15.1. The van der Waals surface area contributed by atoms with Gasteiger partial charge in [-0.25, -0.2) is 0 Å². The van der Waals surface area contributed by atoms with Crippen molar-refractivity contribution in [3.63, 3.8) is 0 Å². The van der Waals surface area contributed by atoms with Crippen molar-refractivity contribution in [3.05, 3.63) is 35.9 Å². The van der Waals surface area contributed by atoms with Crippen molar-refractivity contribution >= 4 is 12.0 Å². The molecule has 1 amide bonds. The fourth-order valence-electron chi connectivity index (χ4n) is 1.27. The Morgan fingerprint density at radius 1 is 1.42 bits per heavy atom. The maximum atomic E-state index is 11.9. The van der Waals surface area contributed by atoms with Gasteiger partial charge in [-0.05, 0) is 30.7 Å². The smallest absolute Gasteiger partial charge is 0.387 e. The molecule has 1 aromatic rings. The molecule has 1 atom stereocenters. The van der Waals surface area contributed by atoms with Crippen LogP contribution in [0.3, 0.4) is 0 Å². The summed E-state index contributed by atoms with van der Waals surface area (Å²) in [6.07, 6.45) is 2.83. The summed E-state index contributed by atoms with van der Waals surface area (Å²) in [6, 6.07) is 5.56. The zero-order valence-corrected chi connectivity index (χ0v) is 10.3. The van der Waals surface area contributed by atoms with Gasteiger partial charge in [-0.2, -0.15) is 8.78 Å². The molecule has 19 heavy (non-hydrogen) atoms. The Morgan fingerprint density at radius 2 is 2.05 bits per heavy atom. The lowest BCUT2D eigenvalue weighted by Gasteiger charge is -2.07. The van der Waals surface area contributed by atoms with Gasteiger partial charge >= 0.3 is 6.61 Å². The van der Waals surface area contributed by atoms with Gasteiger partial charge in [0, 0.05) is 12.1 Å². The topological polar surface area (TPSA) is 58.6 Å². The van der Waals surface area contributed by atoms with Crippen LogP contribution in [0, 0.1) is 0 Å². The molecular formula is C13H15F2NO3. The van der Waals surface area contributed by atoms with Crippen molar-refractivity contribution in [3.8, 4) is 5.75 Å². The van der Waals surface area contributed by atoms with Crippen LogP contribution in [-0.2, 0) is 4.79 Å². The van der Waals surface area contributed by atoms with E-state index >= 15 is 0 Å². The molecule has 104 valence electrons. The largest absolute Gasteiger partial charge is 0.435 e. The molecule has 0 radical (unpaired) electrons. The number of aliphatic hydroxyl groups is 1. The summed E-state index contributed by atoms with van der Waals surface area (Å²) in [7, 11) is 0. The SMILES string of the molecule is CC(CO)NC(=O)/C=C/c1ccc(OC(F)F)cc1. The molecule has 6 heteroatoms. The summed E-state index contributed by atoms with van der Waals surface area (Å²) < 4.78 is 28.0. The van der Waals surface area contributed by atoms with Crippen LogP contribution in [0.4, 0.5) is 8.78 Å². The Morgan fingerprint density at radius 3 is 2.58 bits per heavy atom. The summed E-state index contributed by atoms with van der Waals surface area (Å²) in [5, 5.41) is 11.3. The van der Waals surface area contributed by atoms with Gasteiger partial charge < -0.3 is 15.2 Å². The average molecular weight is 271 g/mol. The first-order chi connectivity index (χ1) is 9.01. The molecule has 0 aliphatic carbocycles. The number of nitrogens with one attached hydrogen (secondary N) is 1. The first-order valence-corrected chi connectivity index (χ1v) is 5.65. The molecular weight excluding hydrogens is 256 g/mol. The van der Waals surface area contributed by atoms with E-state index in [-0.39, 0.29) is 24.3 Å². The quantitative estimate of drug-likeness (QED) is 0.776. The number of amides is 1. The second-order valence-electron chi connectivity index (χ2n) is 3.87. The highest BCUT2D eigenvalue weighted by Crippen LogP contribution is 2.15. The van der Waals surface area contributed by atoms with Crippen molar-refractivity contribution in [2.24, 2.45) is 0 Å². The van der Waals surface area contributed by atoms with E-state index in [1.54, 1.807) is 19.1 Å². The maximum Gasteiger partial charge on any atom is 0.387 e. The van der Waals surface area contributed by atoms with Gasteiger partial charge in [0.15, 0.2) is 0 Å². The Labute approximate surface area is 109 Å². The van der Waals surface area contributed by atoms with E-state index in [1.807, 2.05) is 0 Å². The fourth-order valence-corrected chi connectivity index (χ4v) is 1.27. The highest BCUT2D eigenvalue weighted by molar-refractivity contribution is 5.91. The normalized spacial score (nSPS) is 12.7. The third-order valence-corrected chi connectivity index (χ3v) is 2.19. The molecule has 4 nitrogen and oxygen atoms in total. The zero-order chi connectivity index (χ0) is 14.3. The van der Waals surface area contributed by atoms with E-state index in [2.05, 4.69) is 10.1 Å². The first-order valence-electron chi connectivity index (χ1n) is 5.65. The lowest BCUT2D eigenvalue weighted by molar-refractivity contribution is -0.117. The summed E-state index contributed by atoms with van der Waals surface area (Å²) in [5.74, 6) is -0.278. The Hall–Kier alpha value is -1.95. The van der Waals surface area contributed by atoms with Gasteiger partial charge in [-0.3, -0.25) is 4.79 Å². The average Bonchev–Trinajstić information content (AvgIpc) is 2.37. The van der Waals surface area contributed by atoms with E-state index in [9.17, 15) is 13.6 Å². The molecule has 0 saturated carbocycles. The molecule has 0 heterocycles. The third kappa shape index (κ3) is 5.96. The number of alkyl halides is 2. The minimum atomic E-state index is -2.85. The molecule has 1 unspecified atom stereocenters. The Kier molecular flexibility index (Phi) is 5.95. The number of benzene rings is 1. The monoisotopic (exact) mass is 271 g/mol. The number of rotatable bonds is 6. The number of hydrogen-bond donors (Lipinski definition) is 2. The molecule has 0 fully saturated rings. The third-order valence-electron chi connectivity index (χ3n) is 2.19. The van der Waals surface area contributed by atoms with Crippen LogP contribution in [0.2, 0.25) is 0 Å². The van der Waals surface area contributed by atoms with Crippen molar-refractivity contribution < 1.29 is 23.4 Å². The van der Waals surface area contributed by atoms with Gasteiger partial charge in [0.05, 0.1) is 6.61 Å². The van der Waals surface area contributed by atoms with Gasteiger partial charge in [-0.15, -0.1) is 0 Å². The predicted molar refractivity (Wildman–Crippen MR) is 66.8 cm³/mol. The van der Waals surface area contributed by atoms with Crippen molar-refractivity contribution in [1.29, 1.82) is 0 Å². The Bertz CT molecular complexity index is 432. The van der Waals surface area contributed by atoms with Crippen LogP contribution in [-0.4, -0.2) is 30.3 Å². The highest BCUT2D eigenvalue weighted by atomic mass is 19.3. The molecule has 1 rings (SSSR count). The van der Waals surface area contributed by atoms with Crippen LogP contribution in [0.1, 0.15) is 12.5 Å². The maximum absolute atomic E-state index is 11.9. The molecule has 0 saturated heterocycles. The molecule has 0 aromatic heterocycles. The summed E-state index contributed by atoms with van der Waals surface area (Å²) in [4.78, 5) is 11.4. The van der Waals surface area contributed by atoms with Crippen molar-refractivity contribution in [1.82, 2.24) is 5.32 Å². The molecule has 0 bridgehead atoms. The lowest BCUT2D eigenvalue weighted by atomic mass is 10.2.